The number of ketones is 1. The summed E-state index contributed by atoms with van der Waals surface area (Å²) in [6.45, 7) is 8.81. The molecule has 3 saturated carbocycles. The van der Waals surface area contributed by atoms with E-state index in [2.05, 4.69) is 26.5 Å². The van der Waals surface area contributed by atoms with Crippen molar-refractivity contribution in [3.05, 3.63) is 24.3 Å². The van der Waals surface area contributed by atoms with Gasteiger partial charge in [0.05, 0.1) is 6.10 Å². The van der Waals surface area contributed by atoms with E-state index in [1.54, 1.807) is 0 Å². The number of hydrogen-bond donors (Lipinski definition) is 1. The highest BCUT2D eigenvalue weighted by molar-refractivity contribution is 5.91. The summed E-state index contributed by atoms with van der Waals surface area (Å²) >= 11 is 0. The minimum Gasteiger partial charge on any atom is -0.393 e. The Labute approximate surface area is 140 Å². The number of carbonyl (C=O) groups excluding carboxylic acids is 1. The van der Waals surface area contributed by atoms with Crippen molar-refractivity contribution < 1.29 is 9.90 Å². The Hall–Kier alpha value is -0.890. The van der Waals surface area contributed by atoms with Gasteiger partial charge in [0.2, 0.25) is 0 Å². The van der Waals surface area contributed by atoms with Gasteiger partial charge < -0.3 is 5.11 Å². The molecule has 126 valence electrons. The quantitative estimate of drug-likeness (QED) is 0.733. The smallest absolute Gasteiger partial charge is 0.155 e. The van der Waals surface area contributed by atoms with Crippen molar-refractivity contribution in [2.75, 3.05) is 0 Å². The van der Waals surface area contributed by atoms with E-state index >= 15 is 0 Å². The van der Waals surface area contributed by atoms with Crippen LogP contribution in [0.5, 0.6) is 0 Å². The third kappa shape index (κ3) is 2.00. The maximum atomic E-state index is 11.9. The standard InChI is InChI=1S/C21H30O2/c1-4-13-11-18(23)21(3)10-8-17-16(19(13)21)6-5-14-12-15(22)7-9-20(14,17)2/h4,12-13,16-19,23H,1,5-11H2,2-3H3/t13?,16?,17?,18-,19?,20-,21?/m0/s1. The Morgan fingerprint density at radius 3 is 2.78 bits per heavy atom. The van der Waals surface area contributed by atoms with E-state index in [-0.39, 0.29) is 16.9 Å². The van der Waals surface area contributed by atoms with Crippen molar-refractivity contribution in [1.29, 1.82) is 0 Å². The number of allylic oxidation sites excluding steroid dienone is 2. The van der Waals surface area contributed by atoms with Gasteiger partial charge >= 0.3 is 0 Å². The van der Waals surface area contributed by atoms with Gasteiger partial charge in [0, 0.05) is 6.42 Å². The molecule has 4 aliphatic carbocycles. The monoisotopic (exact) mass is 314 g/mol. The number of aliphatic hydroxyl groups excluding tert-OH is 1. The van der Waals surface area contributed by atoms with Gasteiger partial charge in [-0.3, -0.25) is 4.79 Å². The van der Waals surface area contributed by atoms with Crippen molar-refractivity contribution in [1.82, 2.24) is 0 Å². The molecule has 0 aliphatic heterocycles. The normalized spacial score (nSPS) is 52.2. The second kappa shape index (κ2) is 5.05. The number of carbonyl (C=O) groups is 1. The summed E-state index contributed by atoms with van der Waals surface area (Å²) in [5.41, 5.74) is 1.71. The van der Waals surface area contributed by atoms with Crippen molar-refractivity contribution in [3.8, 4) is 0 Å². The average Bonchev–Trinajstić information content (AvgIpc) is 2.79. The van der Waals surface area contributed by atoms with Crippen LogP contribution in [0.4, 0.5) is 0 Å². The molecule has 7 atom stereocenters. The zero-order valence-corrected chi connectivity index (χ0v) is 14.6. The van der Waals surface area contributed by atoms with Crippen LogP contribution in [0.1, 0.15) is 58.8 Å². The van der Waals surface area contributed by atoms with Crippen LogP contribution in [-0.2, 0) is 4.79 Å². The molecule has 0 amide bonds. The summed E-state index contributed by atoms with van der Waals surface area (Å²) < 4.78 is 0. The molecule has 0 bridgehead atoms. The molecule has 0 heterocycles. The van der Waals surface area contributed by atoms with Gasteiger partial charge in [-0.15, -0.1) is 6.58 Å². The Kier molecular flexibility index (Phi) is 3.43. The van der Waals surface area contributed by atoms with Crippen molar-refractivity contribution in [2.45, 2.75) is 64.9 Å². The lowest BCUT2D eigenvalue weighted by Gasteiger charge is -2.58. The molecule has 23 heavy (non-hydrogen) atoms. The van der Waals surface area contributed by atoms with E-state index in [4.69, 9.17) is 0 Å². The molecule has 0 aromatic carbocycles. The predicted octanol–water partition coefficient (Wildman–Crippen LogP) is 4.29. The topological polar surface area (TPSA) is 37.3 Å². The second-order valence-corrected chi connectivity index (χ2v) is 9.08. The average molecular weight is 314 g/mol. The molecular weight excluding hydrogens is 284 g/mol. The molecule has 0 aromatic heterocycles. The van der Waals surface area contributed by atoms with Gasteiger partial charge in [-0.2, -0.15) is 0 Å². The second-order valence-electron chi connectivity index (χ2n) is 9.08. The lowest BCUT2D eigenvalue weighted by Crippen LogP contribution is -2.52. The number of hydrogen-bond acceptors (Lipinski definition) is 2. The van der Waals surface area contributed by atoms with Crippen LogP contribution in [0.2, 0.25) is 0 Å². The molecule has 2 nitrogen and oxygen atoms in total. The van der Waals surface area contributed by atoms with Crippen LogP contribution in [0.3, 0.4) is 0 Å². The fourth-order valence-electron chi connectivity index (χ4n) is 6.95. The molecule has 0 saturated heterocycles. The maximum absolute atomic E-state index is 11.9. The summed E-state index contributed by atoms with van der Waals surface area (Å²) in [7, 11) is 0. The van der Waals surface area contributed by atoms with Gasteiger partial charge in [0.25, 0.3) is 0 Å². The molecule has 4 aliphatic rings. The zero-order valence-electron chi connectivity index (χ0n) is 14.6. The highest BCUT2D eigenvalue weighted by Gasteiger charge is 2.61. The number of aliphatic hydroxyl groups is 1. The first-order valence-corrected chi connectivity index (χ1v) is 9.44. The van der Waals surface area contributed by atoms with E-state index in [0.29, 0.717) is 29.5 Å². The van der Waals surface area contributed by atoms with Crippen LogP contribution in [0.25, 0.3) is 0 Å². The highest BCUT2D eigenvalue weighted by Crippen LogP contribution is 2.66. The predicted molar refractivity (Wildman–Crippen MR) is 91.8 cm³/mol. The molecule has 0 spiro atoms. The fraction of sp³-hybridized carbons (Fsp3) is 0.762. The molecular formula is C21H30O2. The minimum atomic E-state index is -0.172. The summed E-state index contributed by atoms with van der Waals surface area (Å²) in [4.78, 5) is 11.9. The van der Waals surface area contributed by atoms with E-state index in [1.165, 1.54) is 18.4 Å². The van der Waals surface area contributed by atoms with Crippen molar-refractivity contribution in [3.63, 3.8) is 0 Å². The lowest BCUT2D eigenvalue weighted by molar-refractivity contribution is -0.118. The van der Waals surface area contributed by atoms with Gasteiger partial charge in [0.15, 0.2) is 5.78 Å². The molecule has 4 rings (SSSR count). The van der Waals surface area contributed by atoms with Gasteiger partial charge in [-0.1, -0.05) is 25.5 Å². The fourth-order valence-corrected chi connectivity index (χ4v) is 6.95. The van der Waals surface area contributed by atoms with E-state index < -0.39 is 0 Å². The first-order valence-electron chi connectivity index (χ1n) is 9.44. The first-order chi connectivity index (χ1) is 10.9. The molecule has 2 heteroatoms. The Balaban J connectivity index is 1.72. The Morgan fingerprint density at radius 2 is 2.04 bits per heavy atom. The highest BCUT2D eigenvalue weighted by atomic mass is 16.3. The molecule has 5 unspecified atom stereocenters. The van der Waals surface area contributed by atoms with Crippen LogP contribution in [-0.4, -0.2) is 17.0 Å². The van der Waals surface area contributed by atoms with Crippen LogP contribution < -0.4 is 0 Å². The largest absolute Gasteiger partial charge is 0.393 e. The summed E-state index contributed by atoms with van der Waals surface area (Å²) in [5, 5.41) is 10.7. The van der Waals surface area contributed by atoms with Gasteiger partial charge in [-0.05, 0) is 79.1 Å². The van der Waals surface area contributed by atoms with Crippen LogP contribution in [0.15, 0.2) is 24.3 Å². The van der Waals surface area contributed by atoms with Crippen molar-refractivity contribution in [2.24, 2.45) is 34.5 Å². The maximum Gasteiger partial charge on any atom is 0.155 e. The SMILES string of the molecule is C=CC1C[C@H](O)C2(C)CCC3C(CCC4=CC(=O)CC[C@@]43C)C12. The third-order valence-corrected chi connectivity index (χ3v) is 8.28. The third-order valence-electron chi connectivity index (χ3n) is 8.28. The van der Waals surface area contributed by atoms with Crippen molar-refractivity contribution >= 4 is 5.78 Å². The molecule has 1 N–H and O–H groups in total. The van der Waals surface area contributed by atoms with Gasteiger partial charge in [-0.25, -0.2) is 0 Å². The zero-order chi connectivity index (χ0) is 16.4. The van der Waals surface area contributed by atoms with Gasteiger partial charge in [0.1, 0.15) is 0 Å². The summed E-state index contributed by atoms with van der Waals surface area (Å²) in [5.74, 6) is 2.73. The minimum absolute atomic E-state index is 0.0715. The summed E-state index contributed by atoms with van der Waals surface area (Å²) in [6.07, 6.45) is 11.2. The first kappa shape index (κ1) is 15.6. The Morgan fingerprint density at radius 1 is 1.26 bits per heavy atom. The van der Waals surface area contributed by atoms with E-state index in [1.807, 2.05) is 6.08 Å². The van der Waals surface area contributed by atoms with E-state index in [9.17, 15) is 9.90 Å². The molecule has 0 aromatic rings. The lowest BCUT2D eigenvalue weighted by atomic mass is 9.46. The number of fused-ring (bicyclic) bond motifs is 5. The molecule has 3 fully saturated rings. The Bertz CT molecular complexity index is 576. The van der Waals surface area contributed by atoms with Crippen LogP contribution in [0, 0.1) is 34.5 Å². The van der Waals surface area contributed by atoms with Crippen LogP contribution >= 0.6 is 0 Å². The summed E-state index contributed by atoms with van der Waals surface area (Å²) in [6, 6.07) is 0. The van der Waals surface area contributed by atoms with E-state index in [0.717, 1.165) is 32.1 Å². The molecule has 0 radical (unpaired) electrons. The number of rotatable bonds is 1.